The Morgan fingerprint density at radius 3 is 1.75 bits per heavy atom. The number of morpholine rings is 1. The molecule has 1 aliphatic rings. The first kappa shape index (κ1) is 52.3. The number of nitrogens with one attached hydrogen (secondary N) is 2. The van der Waals surface area contributed by atoms with E-state index in [9.17, 15) is 14.4 Å². The quantitative estimate of drug-likeness (QED) is 0.0816. The van der Waals surface area contributed by atoms with Crippen molar-refractivity contribution in [2.24, 2.45) is 0 Å². The van der Waals surface area contributed by atoms with E-state index in [1.165, 1.54) is 7.11 Å². The van der Waals surface area contributed by atoms with Gasteiger partial charge in [0, 0.05) is 11.6 Å². The highest BCUT2D eigenvalue weighted by Gasteiger charge is 2.52. The molecular weight excluding hydrogens is 907 g/mol. The third-order valence-electron chi connectivity index (χ3n) is 12.9. The molecule has 3 amide bonds. The molecule has 1 saturated heterocycles. The molecule has 1 heterocycles. The minimum atomic E-state index is -3.05. The van der Waals surface area contributed by atoms with E-state index in [1.54, 1.807) is 4.90 Å². The fraction of sp³-hybridized carbons (Fsp3) is 0.339. The van der Waals surface area contributed by atoms with Gasteiger partial charge in [0.2, 0.25) is 5.91 Å². The van der Waals surface area contributed by atoms with Crippen LogP contribution < -0.4 is 21.0 Å². The molecule has 6 aromatic carbocycles. The monoisotopic (exact) mass is 975 g/mol. The summed E-state index contributed by atoms with van der Waals surface area (Å²) in [6.07, 6.45) is -1.30. The maximum absolute atomic E-state index is 14.6. The Bertz CT molecular complexity index is 2530. The molecule has 0 unspecified atom stereocenters. The number of rotatable bonds is 18. The second kappa shape index (κ2) is 24.0. The number of hydrogen-bond acceptors (Lipinski definition) is 8. The molecule has 6 aromatic rings. The number of aryl methyl sites for hydroxylation is 1. The predicted molar refractivity (Wildman–Crippen MR) is 283 cm³/mol. The maximum atomic E-state index is 14.6. The van der Waals surface area contributed by atoms with Crippen molar-refractivity contribution < 1.29 is 37.8 Å². The Labute approximate surface area is 421 Å². The summed E-state index contributed by atoms with van der Waals surface area (Å²) in [4.78, 5) is 43.8. The van der Waals surface area contributed by atoms with Gasteiger partial charge in [0.15, 0.2) is 0 Å². The van der Waals surface area contributed by atoms with Crippen LogP contribution in [0, 0.1) is 0 Å². The van der Waals surface area contributed by atoms with Crippen molar-refractivity contribution in [3.63, 3.8) is 0 Å². The van der Waals surface area contributed by atoms with Crippen molar-refractivity contribution in [2.45, 2.75) is 102 Å². The normalized spacial score (nSPS) is 16.7. The predicted octanol–water partition coefficient (Wildman–Crippen LogP) is 10.3. The van der Waals surface area contributed by atoms with Crippen molar-refractivity contribution in [2.75, 3.05) is 32.2 Å². The molecule has 11 nitrogen and oxygen atoms in total. The third-order valence-corrected chi connectivity index (χ3v) is 17.9. The second-order valence-electron chi connectivity index (χ2n) is 20.1. The summed E-state index contributed by atoms with van der Waals surface area (Å²) >= 11 is 0. The average Bonchev–Trinajstić information content (AvgIpc) is 3.37. The smallest absolute Gasteiger partial charge is 0.410 e. The largest absolute Gasteiger partial charge is 0.453 e. The molecule has 71 heavy (non-hydrogen) atoms. The Kier molecular flexibility index (Phi) is 17.7. The first-order valence-corrected chi connectivity index (χ1v) is 26.4. The summed E-state index contributed by atoms with van der Waals surface area (Å²) in [6.45, 7) is 13.3. The maximum Gasteiger partial charge on any atom is 0.410 e. The van der Waals surface area contributed by atoms with Crippen LogP contribution in [0.25, 0.3) is 0 Å². The lowest BCUT2D eigenvalue weighted by atomic mass is 9.84. The van der Waals surface area contributed by atoms with Crippen LogP contribution in [0.5, 0.6) is 0 Å². The van der Waals surface area contributed by atoms with E-state index < -0.39 is 62.2 Å². The lowest BCUT2D eigenvalue weighted by Gasteiger charge is -2.47. The van der Waals surface area contributed by atoms with Crippen LogP contribution in [0.1, 0.15) is 76.1 Å². The van der Waals surface area contributed by atoms with Gasteiger partial charge in [-0.25, -0.2) is 9.59 Å². The number of alkyl carbamates (subject to hydrolysis) is 1. The molecule has 0 spiro atoms. The lowest BCUT2D eigenvalue weighted by molar-refractivity contribution is -0.146. The van der Waals surface area contributed by atoms with E-state index in [-0.39, 0.29) is 24.8 Å². The van der Waals surface area contributed by atoms with Crippen molar-refractivity contribution >= 4 is 42.5 Å². The Hall–Kier alpha value is -6.57. The zero-order valence-corrected chi connectivity index (χ0v) is 43.1. The van der Waals surface area contributed by atoms with Crippen LogP contribution in [-0.2, 0) is 41.2 Å². The molecule has 0 saturated carbocycles. The van der Waals surface area contributed by atoms with Gasteiger partial charge < -0.3 is 34.0 Å². The number of amides is 3. The number of benzene rings is 6. The first-order valence-electron chi connectivity index (χ1n) is 24.5. The lowest BCUT2D eigenvalue weighted by Crippen LogP contribution is -2.68. The van der Waals surface area contributed by atoms with Gasteiger partial charge in [0.25, 0.3) is 8.32 Å². The van der Waals surface area contributed by atoms with E-state index in [1.807, 2.05) is 148 Å². The van der Waals surface area contributed by atoms with Crippen LogP contribution in [-0.4, -0.2) is 88.1 Å². The van der Waals surface area contributed by atoms with Crippen LogP contribution >= 0.6 is 0 Å². The Morgan fingerprint density at radius 1 is 0.690 bits per heavy atom. The van der Waals surface area contributed by atoms with Crippen LogP contribution in [0.3, 0.4) is 0 Å². The van der Waals surface area contributed by atoms with Gasteiger partial charge in [0.05, 0.1) is 45.6 Å². The second-order valence-corrected chi connectivity index (χ2v) is 24.4. The van der Waals surface area contributed by atoms with Crippen molar-refractivity contribution in [3.8, 4) is 0 Å². The molecule has 0 aliphatic carbocycles. The van der Waals surface area contributed by atoms with Gasteiger partial charge in [-0.3, -0.25) is 9.69 Å². The highest BCUT2D eigenvalue weighted by atomic mass is 28.4. The van der Waals surface area contributed by atoms with E-state index in [0.717, 1.165) is 32.6 Å². The zero-order chi connectivity index (χ0) is 50.4. The summed E-state index contributed by atoms with van der Waals surface area (Å²) in [5, 5.41) is 7.97. The molecule has 7 rings (SSSR count). The number of hydrogen-bond donors (Lipinski definition) is 2. The molecule has 0 bridgehead atoms. The molecule has 0 radical (unpaired) electrons. The number of carbonyl (C=O) groups excluding carboxylic acids is 3. The van der Waals surface area contributed by atoms with Crippen molar-refractivity contribution in [3.05, 3.63) is 198 Å². The molecule has 1 fully saturated rings. The summed E-state index contributed by atoms with van der Waals surface area (Å²) < 4.78 is 32.4. The van der Waals surface area contributed by atoms with E-state index in [4.69, 9.17) is 23.4 Å². The van der Waals surface area contributed by atoms with Gasteiger partial charge >= 0.3 is 12.2 Å². The third kappa shape index (κ3) is 13.4. The van der Waals surface area contributed by atoms with E-state index >= 15 is 0 Å². The van der Waals surface area contributed by atoms with E-state index in [0.29, 0.717) is 25.1 Å². The molecule has 0 aromatic heterocycles. The van der Waals surface area contributed by atoms with Crippen LogP contribution in [0.2, 0.25) is 5.04 Å². The highest BCUT2D eigenvalue weighted by Crippen LogP contribution is 2.38. The van der Waals surface area contributed by atoms with E-state index in [2.05, 4.69) is 79.9 Å². The van der Waals surface area contributed by atoms with Crippen LogP contribution in [0.4, 0.5) is 15.3 Å². The minimum absolute atomic E-state index is 0.174. The van der Waals surface area contributed by atoms with Gasteiger partial charge in [0.1, 0.15) is 17.7 Å². The molecule has 12 heteroatoms. The Balaban J connectivity index is 1.20. The number of anilines is 1. The SMILES string of the molecule is COC(=O)N[C@H](C(=O)Nc1ccccc1CC[C@@H]1CN(C(=O)OC(C)(C)C)[C@H](COCc2ccccc2)[C@@H](CO[Si](c2ccccc2)(c2ccccc2)C(C)(C)C)O1)C(c1ccccc1)c1ccccc1. The molecule has 4 atom stereocenters. The molecule has 2 N–H and O–H groups in total. The van der Waals surface area contributed by atoms with Gasteiger partial charge in [-0.05, 0) is 77.3 Å². The molecular formula is C59H69N3O8Si. The average molecular weight is 976 g/mol. The topological polar surface area (TPSA) is 125 Å². The van der Waals surface area contributed by atoms with Crippen LogP contribution in [0.15, 0.2) is 176 Å². The number of methoxy groups -OCH3 is 1. The van der Waals surface area contributed by atoms with Crippen molar-refractivity contribution in [1.82, 2.24) is 10.2 Å². The van der Waals surface area contributed by atoms with Gasteiger partial charge in [-0.2, -0.15) is 0 Å². The van der Waals surface area contributed by atoms with Gasteiger partial charge in [-0.15, -0.1) is 0 Å². The fourth-order valence-corrected chi connectivity index (χ4v) is 14.2. The van der Waals surface area contributed by atoms with Gasteiger partial charge in [-0.1, -0.05) is 191 Å². The Morgan fingerprint density at radius 2 is 1.21 bits per heavy atom. The fourth-order valence-electron chi connectivity index (χ4n) is 9.59. The molecule has 1 aliphatic heterocycles. The number of para-hydroxylation sites is 1. The number of nitrogens with zero attached hydrogens (tertiary/aromatic N) is 1. The summed E-state index contributed by atoms with van der Waals surface area (Å²) in [7, 11) is -1.77. The summed E-state index contributed by atoms with van der Waals surface area (Å²) in [5.41, 5.74) is 3.40. The standard InChI is InChI=1S/C59H69N3O8Si/c1-58(2,3)70-57(65)62-39-47(38-37-44-27-23-24-36-50(44)60-55(63)54(61-56(64)66-7)53(45-28-15-9-16-29-45)46-30-17-10-18-31-46)69-52(51(62)41-67-40-43-25-13-8-14-26-43)42-68-71(59(4,5)6,48-32-19-11-20-33-48)49-34-21-12-22-35-49/h8-36,47,51-54H,37-42H2,1-7H3,(H,60,63)(H,61,64)/t47-,51-,52-,54+/m1/s1. The number of carbonyl (C=O) groups is 3. The molecule has 372 valence electrons. The highest BCUT2D eigenvalue weighted by molar-refractivity contribution is 6.99. The summed E-state index contributed by atoms with van der Waals surface area (Å²) in [6, 6.07) is 56.2. The van der Waals surface area contributed by atoms with Crippen molar-refractivity contribution in [1.29, 1.82) is 0 Å². The zero-order valence-electron chi connectivity index (χ0n) is 42.1. The minimum Gasteiger partial charge on any atom is -0.453 e. The number of ether oxygens (including phenoxy) is 4. The summed E-state index contributed by atoms with van der Waals surface area (Å²) in [5.74, 6) is -0.949. The first-order chi connectivity index (χ1) is 34.2.